The number of nitrogens with two attached hydrogens (primary N) is 1. The van der Waals surface area contributed by atoms with Crippen LogP contribution in [0, 0.1) is 0 Å². The fourth-order valence-corrected chi connectivity index (χ4v) is 4.93. The van der Waals surface area contributed by atoms with Gasteiger partial charge in [-0.1, -0.05) is 28.2 Å². The van der Waals surface area contributed by atoms with Crippen molar-refractivity contribution >= 4 is 45.2 Å². The predicted octanol–water partition coefficient (Wildman–Crippen LogP) is 3.29. The molecule has 4 rings (SSSR count). The maximum atomic E-state index is 9.88. The number of fused-ring (bicyclic) bond motifs is 1. The molecule has 0 radical (unpaired) electrons. The minimum atomic E-state index is -0.969. The van der Waals surface area contributed by atoms with Gasteiger partial charge in [0.25, 0.3) is 0 Å². The van der Waals surface area contributed by atoms with Crippen LogP contribution in [0.15, 0.2) is 35.2 Å². The number of nitrogens with zero attached hydrogens (tertiary/aromatic N) is 3. The number of hydrogen-bond acceptors (Lipinski definition) is 7. The van der Waals surface area contributed by atoms with Crippen molar-refractivity contribution in [2.45, 2.75) is 57.3 Å². The van der Waals surface area contributed by atoms with Crippen LogP contribution in [-0.2, 0) is 4.74 Å². The maximum absolute atomic E-state index is 9.88. The molecule has 2 aromatic rings. The van der Waals surface area contributed by atoms with Crippen LogP contribution in [0.2, 0.25) is 5.02 Å². The van der Waals surface area contributed by atoms with Gasteiger partial charge >= 0.3 is 5.95 Å². The molecule has 5 N–H and O–H groups in total. The number of aliphatic hydroxyl groups is 1. The SMILES string of the molecule is CC1OCC1N1CCC(c2cc3nc(N/C(=C/N)C(Cl)=NCC(C)(C)O)[nH+]cc3cc2Cl)CC1. The Kier molecular flexibility index (Phi) is 7.64. The van der Waals surface area contributed by atoms with E-state index >= 15 is 0 Å². The van der Waals surface area contributed by atoms with Gasteiger partial charge in [-0.3, -0.25) is 9.89 Å². The minimum Gasteiger partial charge on any atom is -0.402 e. The number of anilines is 1. The highest BCUT2D eigenvalue weighted by Gasteiger charge is 2.36. The largest absolute Gasteiger partial charge is 0.402 e. The van der Waals surface area contributed by atoms with Crippen molar-refractivity contribution in [3.8, 4) is 0 Å². The Morgan fingerprint density at radius 2 is 2.15 bits per heavy atom. The van der Waals surface area contributed by atoms with E-state index in [0.29, 0.717) is 29.7 Å². The summed E-state index contributed by atoms with van der Waals surface area (Å²) in [5.41, 5.74) is 7.13. The molecule has 2 fully saturated rings. The second-order valence-electron chi connectivity index (χ2n) is 9.72. The monoisotopic (exact) mass is 507 g/mol. The first-order valence-electron chi connectivity index (χ1n) is 11.6. The number of halogens is 2. The first-order chi connectivity index (χ1) is 16.1. The van der Waals surface area contributed by atoms with Crippen LogP contribution in [0.3, 0.4) is 0 Å². The van der Waals surface area contributed by atoms with Gasteiger partial charge in [0.1, 0.15) is 0 Å². The lowest BCUT2D eigenvalue weighted by Crippen LogP contribution is -2.56. The molecule has 2 aliphatic heterocycles. The molecule has 2 unspecified atom stereocenters. The average Bonchev–Trinajstić information content (AvgIpc) is 2.79. The summed E-state index contributed by atoms with van der Waals surface area (Å²) in [5.74, 6) is 0.873. The van der Waals surface area contributed by atoms with Crippen LogP contribution < -0.4 is 16.0 Å². The Bertz CT molecular complexity index is 1090. The van der Waals surface area contributed by atoms with Crippen molar-refractivity contribution < 1.29 is 14.8 Å². The molecule has 0 saturated carbocycles. The quantitative estimate of drug-likeness (QED) is 0.496. The lowest BCUT2D eigenvalue weighted by Gasteiger charge is -2.45. The molecule has 2 saturated heterocycles. The fraction of sp³-hybridized carbons (Fsp3) is 0.542. The standard InChI is InChI=1S/C24H32Cl2N6O2/c1-14-21(12-34-14)32-6-4-15(5-7-32)17-9-19-16(8-18(17)25)11-28-23(30-19)31-20(10-27)22(26)29-13-24(2,3)33/h8-11,14-15,21,33H,4-7,12-13,27H2,1-3H3,(H,28,30,31)/p+1/b20-10+,29-22?. The number of likely N-dealkylation sites (tertiary alicyclic amines) is 1. The Labute approximate surface area is 210 Å². The summed E-state index contributed by atoms with van der Waals surface area (Å²) >= 11 is 13.0. The summed E-state index contributed by atoms with van der Waals surface area (Å²) in [6.07, 6.45) is 5.62. The number of aliphatic imine (C=N–C) groups is 1. The smallest absolute Gasteiger partial charge is 0.394 e. The summed E-state index contributed by atoms with van der Waals surface area (Å²) in [6.45, 7) is 8.55. The minimum absolute atomic E-state index is 0.146. The molecule has 10 heteroatoms. The molecule has 184 valence electrons. The number of aromatic nitrogens is 2. The van der Waals surface area contributed by atoms with E-state index in [2.05, 4.69) is 33.2 Å². The lowest BCUT2D eigenvalue weighted by molar-refractivity contribution is -0.362. The Morgan fingerprint density at radius 1 is 1.41 bits per heavy atom. The topological polar surface area (TPSA) is 110 Å². The molecule has 0 amide bonds. The third kappa shape index (κ3) is 5.80. The number of benzene rings is 1. The Morgan fingerprint density at radius 3 is 2.74 bits per heavy atom. The third-order valence-corrected chi connectivity index (χ3v) is 7.15. The summed E-state index contributed by atoms with van der Waals surface area (Å²) in [6, 6.07) is 4.59. The highest BCUT2D eigenvalue weighted by atomic mass is 35.5. The molecule has 2 aliphatic rings. The van der Waals surface area contributed by atoms with Gasteiger partial charge in [-0.15, -0.1) is 0 Å². The number of piperidine rings is 1. The van der Waals surface area contributed by atoms with E-state index < -0.39 is 5.60 Å². The lowest BCUT2D eigenvalue weighted by atomic mass is 9.87. The molecule has 1 aromatic heterocycles. The van der Waals surface area contributed by atoms with Crippen molar-refractivity contribution in [3.63, 3.8) is 0 Å². The van der Waals surface area contributed by atoms with Crippen LogP contribution >= 0.6 is 23.2 Å². The molecule has 0 bridgehead atoms. The van der Waals surface area contributed by atoms with Crippen LogP contribution in [0.1, 0.15) is 45.1 Å². The van der Waals surface area contributed by atoms with E-state index in [1.807, 2.05) is 12.3 Å². The van der Waals surface area contributed by atoms with Crippen molar-refractivity contribution in [2.75, 3.05) is 31.6 Å². The number of ether oxygens (including phenoxy) is 1. The van der Waals surface area contributed by atoms with Crippen molar-refractivity contribution in [2.24, 2.45) is 10.7 Å². The molecule has 0 spiro atoms. The molecule has 3 heterocycles. The van der Waals surface area contributed by atoms with E-state index in [-0.39, 0.29) is 11.7 Å². The van der Waals surface area contributed by atoms with E-state index in [1.54, 1.807) is 13.8 Å². The second-order valence-corrected chi connectivity index (χ2v) is 10.5. The highest BCUT2D eigenvalue weighted by molar-refractivity contribution is 6.69. The van der Waals surface area contributed by atoms with Gasteiger partial charge in [0, 0.05) is 16.6 Å². The van der Waals surface area contributed by atoms with Crippen molar-refractivity contribution in [1.82, 2.24) is 9.88 Å². The van der Waals surface area contributed by atoms with Gasteiger partial charge in [0.05, 0.1) is 37.1 Å². The van der Waals surface area contributed by atoms with E-state index in [9.17, 15) is 5.11 Å². The van der Waals surface area contributed by atoms with Crippen LogP contribution in [0.5, 0.6) is 0 Å². The molecule has 1 aromatic carbocycles. The number of rotatable bonds is 7. The van der Waals surface area contributed by atoms with Crippen molar-refractivity contribution in [1.29, 1.82) is 0 Å². The van der Waals surface area contributed by atoms with Gasteiger partial charge in [0.15, 0.2) is 16.4 Å². The van der Waals surface area contributed by atoms with Crippen molar-refractivity contribution in [3.05, 3.63) is 40.8 Å². The zero-order chi connectivity index (χ0) is 24.5. The van der Waals surface area contributed by atoms with Gasteiger partial charge in [-0.25, -0.2) is 10.3 Å². The number of aromatic amines is 1. The first kappa shape index (κ1) is 25.1. The molecular formula is C24H33Cl2N6O2+. The van der Waals surface area contributed by atoms with Crippen LogP contribution in [0.25, 0.3) is 10.9 Å². The zero-order valence-electron chi connectivity index (χ0n) is 19.8. The molecule has 8 nitrogen and oxygen atoms in total. The molecule has 2 atom stereocenters. The van der Waals surface area contributed by atoms with E-state index in [4.69, 9.17) is 38.7 Å². The maximum Gasteiger partial charge on any atom is 0.394 e. The number of hydrogen-bond donors (Lipinski definition) is 3. The zero-order valence-corrected chi connectivity index (χ0v) is 21.3. The number of nitrogens with one attached hydrogen (secondary N) is 2. The number of H-pyrrole nitrogens is 1. The molecule has 34 heavy (non-hydrogen) atoms. The predicted molar refractivity (Wildman–Crippen MR) is 136 cm³/mol. The second kappa shape index (κ2) is 10.3. The van der Waals surface area contributed by atoms with Crippen LogP contribution in [0.4, 0.5) is 5.95 Å². The normalized spacial score (nSPS) is 23.2. The molecular weight excluding hydrogens is 475 g/mol. The van der Waals surface area contributed by atoms with E-state index in [1.165, 1.54) is 6.20 Å². The van der Waals surface area contributed by atoms with Gasteiger partial charge in [-0.05, 0) is 70.3 Å². The van der Waals surface area contributed by atoms with Gasteiger partial charge < -0.3 is 15.6 Å². The Hall–Kier alpha value is -1.97. The van der Waals surface area contributed by atoms with E-state index in [0.717, 1.165) is 54.0 Å². The van der Waals surface area contributed by atoms with Crippen LogP contribution in [-0.4, -0.2) is 64.1 Å². The third-order valence-electron chi connectivity index (χ3n) is 6.50. The molecule has 0 aliphatic carbocycles. The fourth-order valence-electron chi connectivity index (χ4n) is 4.44. The summed E-state index contributed by atoms with van der Waals surface area (Å²) in [5, 5.41) is 14.8. The summed E-state index contributed by atoms with van der Waals surface area (Å²) in [4.78, 5) is 14.6. The average molecular weight is 508 g/mol. The summed E-state index contributed by atoms with van der Waals surface area (Å²) < 4.78 is 5.55. The van der Waals surface area contributed by atoms with Gasteiger partial charge in [0.2, 0.25) is 0 Å². The Balaban J connectivity index is 1.49. The highest BCUT2D eigenvalue weighted by Crippen LogP contribution is 2.36. The summed E-state index contributed by atoms with van der Waals surface area (Å²) in [7, 11) is 0. The number of allylic oxidation sites excluding steroid dienone is 1. The first-order valence-corrected chi connectivity index (χ1v) is 12.4. The van der Waals surface area contributed by atoms with Gasteiger partial charge in [-0.2, -0.15) is 0 Å².